The van der Waals surface area contributed by atoms with E-state index in [9.17, 15) is 4.79 Å². The Kier molecular flexibility index (Phi) is 4.42. The molecule has 0 unspecified atom stereocenters. The number of nitrogen functional groups attached to an aromatic ring is 1. The van der Waals surface area contributed by atoms with Gasteiger partial charge < -0.3 is 11.1 Å². The summed E-state index contributed by atoms with van der Waals surface area (Å²) >= 11 is 5.87. The summed E-state index contributed by atoms with van der Waals surface area (Å²) in [7, 11) is 0. The standard InChI is InChI=1S/C15H15ClN2O/c16-13-6-3-4-11(8-13)9-15(19)18-10-12-5-1-2-7-14(12)17/h1-8H,9-10,17H2,(H,18,19). The van der Waals surface area contributed by atoms with Gasteiger partial charge in [0.05, 0.1) is 6.42 Å². The lowest BCUT2D eigenvalue weighted by Crippen LogP contribution is -2.24. The summed E-state index contributed by atoms with van der Waals surface area (Å²) in [6.45, 7) is 0.437. The molecule has 3 N–H and O–H groups in total. The van der Waals surface area contributed by atoms with Crippen molar-refractivity contribution in [3.63, 3.8) is 0 Å². The molecule has 0 bridgehead atoms. The quantitative estimate of drug-likeness (QED) is 0.843. The van der Waals surface area contributed by atoms with E-state index < -0.39 is 0 Å². The maximum atomic E-state index is 11.8. The van der Waals surface area contributed by atoms with E-state index in [0.29, 0.717) is 23.7 Å². The zero-order chi connectivity index (χ0) is 13.7. The molecule has 0 spiro atoms. The largest absolute Gasteiger partial charge is 0.398 e. The molecular weight excluding hydrogens is 260 g/mol. The highest BCUT2D eigenvalue weighted by atomic mass is 35.5. The first kappa shape index (κ1) is 13.4. The third-order valence-corrected chi connectivity index (χ3v) is 3.02. The molecule has 98 valence electrons. The van der Waals surface area contributed by atoms with Crippen LogP contribution >= 0.6 is 11.6 Å². The number of anilines is 1. The van der Waals surface area contributed by atoms with E-state index in [2.05, 4.69) is 5.32 Å². The van der Waals surface area contributed by atoms with Gasteiger partial charge in [0.15, 0.2) is 0 Å². The lowest BCUT2D eigenvalue weighted by Gasteiger charge is -2.08. The summed E-state index contributed by atoms with van der Waals surface area (Å²) in [5.41, 5.74) is 8.31. The fourth-order valence-electron chi connectivity index (χ4n) is 1.78. The molecule has 1 amide bonds. The summed E-state index contributed by atoms with van der Waals surface area (Å²) in [6.07, 6.45) is 0.313. The van der Waals surface area contributed by atoms with Crippen molar-refractivity contribution in [3.8, 4) is 0 Å². The van der Waals surface area contributed by atoms with Crippen LogP contribution < -0.4 is 11.1 Å². The van der Waals surface area contributed by atoms with E-state index in [0.717, 1.165) is 11.1 Å². The Hall–Kier alpha value is -2.00. The first-order valence-electron chi connectivity index (χ1n) is 5.99. The molecule has 3 nitrogen and oxygen atoms in total. The Balaban J connectivity index is 1.90. The van der Waals surface area contributed by atoms with Gasteiger partial charge in [-0.2, -0.15) is 0 Å². The van der Waals surface area contributed by atoms with Crippen molar-refractivity contribution in [2.24, 2.45) is 0 Å². The predicted molar refractivity (Wildman–Crippen MR) is 77.9 cm³/mol. The van der Waals surface area contributed by atoms with Crippen molar-refractivity contribution in [3.05, 3.63) is 64.7 Å². The molecule has 0 saturated heterocycles. The van der Waals surface area contributed by atoms with Crippen LogP contribution in [0.3, 0.4) is 0 Å². The summed E-state index contributed by atoms with van der Waals surface area (Å²) in [4.78, 5) is 11.8. The lowest BCUT2D eigenvalue weighted by molar-refractivity contribution is -0.120. The Morgan fingerprint density at radius 2 is 1.95 bits per heavy atom. The van der Waals surface area contributed by atoms with E-state index >= 15 is 0 Å². The predicted octanol–water partition coefficient (Wildman–Crippen LogP) is 2.78. The molecule has 0 fully saturated rings. The topological polar surface area (TPSA) is 55.1 Å². The fraction of sp³-hybridized carbons (Fsp3) is 0.133. The highest BCUT2D eigenvalue weighted by molar-refractivity contribution is 6.30. The van der Waals surface area contributed by atoms with Crippen molar-refractivity contribution in [2.45, 2.75) is 13.0 Å². The van der Waals surface area contributed by atoms with Gasteiger partial charge in [0.25, 0.3) is 0 Å². The number of nitrogens with one attached hydrogen (secondary N) is 1. The Morgan fingerprint density at radius 1 is 1.16 bits per heavy atom. The van der Waals surface area contributed by atoms with Crippen molar-refractivity contribution in [1.29, 1.82) is 0 Å². The van der Waals surface area contributed by atoms with Gasteiger partial charge in [-0.25, -0.2) is 0 Å². The van der Waals surface area contributed by atoms with Crippen molar-refractivity contribution in [1.82, 2.24) is 5.32 Å². The van der Waals surface area contributed by atoms with Gasteiger partial charge in [-0.3, -0.25) is 4.79 Å². The van der Waals surface area contributed by atoms with Crippen LogP contribution in [0.5, 0.6) is 0 Å². The highest BCUT2D eigenvalue weighted by Gasteiger charge is 2.05. The number of para-hydroxylation sites is 1. The minimum Gasteiger partial charge on any atom is -0.398 e. The summed E-state index contributed by atoms with van der Waals surface area (Å²) < 4.78 is 0. The molecule has 0 radical (unpaired) electrons. The van der Waals surface area contributed by atoms with Crippen molar-refractivity contribution in [2.75, 3.05) is 5.73 Å². The van der Waals surface area contributed by atoms with Crippen LogP contribution in [-0.4, -0.2) is 5.91 Å². The number of amides is 1. The van der Waals surface area contributed by atoms with Gasteiger partial charge in [-0.1, -0.05) is 41.9 Å². The van der Waals surface area contributed by atoms with Crippen LogP contribution in [0.1, 0.15) is 11.1 Å². The van der Waals surface area contributed by atoms with Crippen LogP contribution in [0.25, 0.3) is 0 Å². The molecule has 2 rings (SSSR count). The summed E-state index contributed by atoms with van der Waals surface area (Å²) in [5.74, 6) is -0.0504. The summed E-state index contributed by atoms with van der Waals surface area (Å²) in [5, 5.41) is 3.48. The Morgan fingerprint density at radius 3 is 2.68 bits per heavy atom. The van der Waals surface area contributed by atoms with Crippen LogP contribution in [0.15, 0.2) is 48.5 Å². The third-order valence-electron chi connectivity index (χ3n) is 2.78. The van der Waals surface area contributed by atoms with Gasteiger partial charge in [0.1, 0.15) is 0 Å². The minimum atomic E-state index is -0.0504. The third kappa shape index (κ3) is 4.00. The number of carbonyl (C=O) groups excluding carboxylic acids is 1. The van der Waals surface area contributed by atoms with Gasteiger partial charge >= 0.3 is 0 Å². The zero-order valence-electron chi connectivity index (χ0n) is 10.4. The summed E-state index contributed by atoms with van der Waals surface area (Å²) in [6, 6.07) is 14.8. The first-order valence-corrected chi connectivity index (χ1v) is 6.37. The first-order chi connectivity index (χ1) is 9.15. The molecule has 0 aliphatic rings. The molecule has 0 aliphatic heterocycles. The average Bonchev–Trinajstić information content (AvgIpc) is 2.38. The highest BCUT2D eigenvalue weighted by Crippen LogP contribution is 2.12. The average molecular weight is 275 g/mol. The second kappa shape index (κ2) is 6.25. The van der Waals surface area contributed by atoms with Gasteiger partial charge in [-0.05, 0) is 29.3 Å². The van der Waals surface area contributed by atoms with E-state index in [1.165, 1.54) is 0 Å². The maximum Gasteiger partial charge on any atom is 0.224 e. The van der Waals surface area contributed by atoms with Crippen molar-refractivity contribution < 1.29 is 4.79 Å². The SMILES string of the molecule is Nc1ccccc1CNC(=O)Cc1cccc(Cl)c1. The monoisotopic (exact) mass is 274 g/mol. The second-order valence-corrected chi connectivity index (χ2v) is 4.72. The van der Waals surface area contributed by atoms with Crippen LogP contribution in [-0.2, 0) is 17.8 Å². The molecule has 0 heterocycles. The molecule has 0 atom stereocenters. The zero-order valence-corrected chi connectivity index (χ0v) is 11.2. The normalized spacial score (nSPS) is 10.2. The van der Waals surface area contributed by atoms with E-state index in [-0.39, 0.29) is 5.91 Å². The van der Waals surface area contributed by atoms with Crippen LogP contribution in [0.2, 0.25) is 5.02 Å². The fourth-order valence-corrected chi connectivity index (χ4v) is 2.00. The van der Waals surface area contributed by atoms with E-state index in [4.69, 9.17) is 17.3 Å². The molecule has 2 aromatic rings. The Bertz CT molecular complexity index is 584. The van der Waals surface area contributed by atoms with E-state index in [1.807, 2.05) is 36.4 Å². The number of hydrogen-bond donors (Lipinski definition) is 2. The van der Waals surface area contributed by atoms with Gasteiger partial charge in [0, 0.05) is 17.3 Å². The molecule has 19 heavy (non-hydrogen) atoms. The number of nitrogens with two attached hydrogens (primary N) is 1. The number of rotatable bonds is 4. The van der Waals surface area contributed by atoms with Crippen LogP contribution in [0.4, 0.5) is 5.69 Å². The Labute approximate surface area is 117 Å². The molecule has 0 saturated carbocycles. The molecular formula is C15H15ClN2O. The van der Waals surface area contributed by atoms with E-state index in [1.54, 1.807) is 12.1 Å². The molecule has 0 aromatic heterocycles. The smallest absolute Gasteiger partial charge is 0.224 e. The number of halogens is 1. The van der Waals surface area contributed by atoms with Gasteiger partial charge in [0.2, 0.25) is 5.91 Å². The number of benzene rings is 2. The molecule has 4 heteroatoms. The number of hydrogen-bond acceptors (Lipinski definition) is 2. The minimum absolute atomic E-state index is 0.0504. The van der Waals surface area contributed by atoms with Crippen molar-refractivity contribution >= 4 is 23.2 Å². The van der Waals surface area contributed by atoms with Crippen LogP contribution in [0, 0.1) is 0 Å². The number of carbonyl (C=O) groups is 1. The molecule has 2 aromatic carbocycles. The lowest BCUT2D eigenvalue weighted by atomic mass is 10.1. The molecule has 0 aliphatic carbocycles. The van der Waals surface area contributed by atoms with Gasteiger partial charge in [-0.15, -0.1) is 0 Å². The second-order valence-electron chi connectivity index (χ2n) is 4.28. The maximum absolute atomic E-state index is 11.8.